The van der Waals surface area contributed by atoms with Gasteiger partial charge in [0.25, 0.3) is 0 Å². The normalized spacial score (nSPS) is 14.6. The number of carbonyl (C=O) groups is 1. The first-order chi connectivity index (χ1) is 9.08. The number of nitrogens with zero attached hydrogens (tertiary/aromatic N) is 1. The summed E-state index contributed by atoms with van der Waals surface area (Å²) in [6, 6.07) is 4.71. The molecule has 4 nitrogen and oxygen atoms in total. The van der Waals surface area contributed by atoms with Gasteiger partial charge in [0.2, 0.25) is 11.7 Å². The number of carboxylic acids is 1. The van der Waals surface area contributed by atoms with Crippen LogP contribution in [0.2, 0.25) is 0 Å². The maximum atomic E-state index is 14.0. The van der Waals surface area contributed by atoms with Crippen LogP contribution in [-0.2, 0) is 0 Å². The van der Waals surface area contributed by atoms with Crippen LogP contribution in [0.5, 0.6) is 0 Å². The third-order valence-electron chi connectivity index (χ3n) is 2.99. The summed E-state index contributed by atoms with van der Waals surface area (Å²) >= 11 is 3.08. The largest absolute Gasteiger partial charge is 0.475 e. The van der Waals surface area contributed by atoms with Crippen molar-refractivity contribution in [3.05, 3.63) is 39.9 Å². The van der Waals surface area contributed by atoms with Crippen molar-refractivity contribution in [3.63, 3.8) is 0 Å². The van der Waals surface area contributed by atoms with E-state index in [-0.39, 0.29) is 27.6 Å². The molecule has 1 fully saturated rings. The van der Waals surface area contributed by atoms with Gasteiger partial charge in [-0.05, 0) is 40.9 Å². The number of hydrogen-bond acceptors (Lipinski definition) is 3. The van der Waals surface area contributed by atoms with Crippen LogP contribution in [0.3, 0.4) is 0 Å². The molecule has 2 aromatic rings. The fourth-order valence-electron chi connectivity index (χ4n) is 1.90. The van der Waals surface area contributed by atoms with E-state index in [2.05, 4.69) is 20.9 Å². The van der Waals surface area contributed by atoms with E-state index in [0.717, 1.165) is 12.8 Å². The lowest BCUT2D eigenvalue weighted by molar-refractivity contribution is 0.0661. The lowest BCUT2D eigenvalue weighted by Gasteiger charge is -1.99. The van der Waals surface area contributed by atoms with Gasteiger partial charge in [0, 0.05) is 5.92 Å². The molecule has 1 N–H and O–H groups in total. The Bertz CT molecular complexity index is 664. The van der Waals surface area contributed by atoms with E-state index in [0.29, 0.717) is 5.69 Å². The smallest absolute Gasteiger partial charge is 0.373 e. The summed E-state index contributed by atoms with van der Waals surface area (Å²) in [6.45, 7) is 0. The number of aromatic nitrogens is 1. The molecule has 1 aliphatic rings. The van der Waals surface area contributed by atoms with Gasteiger partial charge in [0.1, 0.15) is 5.82 Å². The second kappa shape index (κ2) is 4.45. The number of carboxylic acid groups (broad SMARTS) is 1. The van der Waals surface area contributed by atoms with Gasteiger partial charge in [-0.15, -0.1) is 0 Å². The molecule has 1 aromatic heterocycles. The van der Waals surface area contributed by atoms with Crippen molar-refractivity contribution in [1.29, 1.82) is 0 Å². The van der Waals surface area contributed by atoms with Crippen molar-refractivity contribution < 1.29 is 18.7 Å². The second-order valence-corrected chi connectivity index (χ2v) is 5.27. The molecule has 0 bridgehead atoms. The van der Waals surface area contributed by atoms with Crippen LogP contribution in [0.25, 0.3) is 11.5 Å². The molecular weight excluding hydrogens is 317 g/mol. The standard InChI is InChI=1S/C13H9BrFNO3/c14-8-3-1-2-7(9(8)15)12-16-10(6-4-5-6)11(19-12)13(17)18/h1-3,6H,4-5H2,(H,17,18). The van der Waals surface area contributed by atoms with Gasteiger partial charge >= 0.3 is 5.97 Å². The van der Waals surface area contributed by atoms with Gasteiger partial charge in [-0.2, -0.15) is 0 Å². The van der Waals surface area contributed by atoms with Crippen LogP contribution >= 0.6 is 15.9 Å². The maximum absolute atomic E-state index is 14.0. The fourth-order valence-corrected chi connectivity index (χ4v) is 2.27. The lowest BCUT2D eigenvalue weighted by Crippen LogP contribution is -1.98. The Kier molecular flexibility index (Phi) is 2.89. The van der Waals surface area contributed by atoms with Crippen molar-refractivity contribution in [1.82, 2.24) is 4.98 Å². The zero-order chi connectivity index (χ0) is 13.6. The number of hydrogen-bond donors (Lipinski definition) is 1. The predicted octanol–water partition coefficient (Wildman–Crippen LogP) is 3.82. The summed E-state index contributed by atoms with van der Waals surface area (Å²) in [5, 5.41) is 9.09. The molecule has 98 valence electrons. The maximum Gasteiger partial charge on any atom is 0.373 e. The minimum Gasteiger partial charge on any atom is -0.475 e. The molecule has 6 heteroatoms. The van der Waals surface area contributed by atoms with Gasteiger partial charge < -0.3 is 9.52 Å². The average Bonchev–Trinajstić information content (AvgIpc) is 3.12. The third kappa shape index (κ3) is 2.16. The third-order valence-corrected chi connectivity index (χ3v) is 3.61. The minimum atomic E-state index is -1.17. The Hall–Kier alpha value is -1.69. The Morgan fingerprint density at radius 3 is 2.84 bits per heavy atom. The summed E-state index contributed by atoms with van der Waals surface area (Å²) < 4.78 is 19.5. The van der Waals surface area contributed by atoms with Crippen molar-refractivity contribution in [2.45, 2.75) is 18.8 Å². The topological polar surface area (TPSA) is 63.3 Å². The number of aromatic carboxylic acids is 1. The highest BCUT2D eigenvalue weighted by Gasteiger charge is 2.34. The molecule has 0 spiro atoms. The fraction of sp³-hybridized carbons (Fsp3) is 0.231. The molecule has 0 atom stereocenters. The van der Waals surface area contributed by atoms with Gasteiger partial charge in [-0.1, -0.05) is 6.07 Å². The number of rotatable bonds is 3. The Morgan fingerprint density at radius 1 is 1.47 bits per heavy atom. The Labute approximate surface area is 116 Å². The lowest BCUT2D eigenvalue weighted by atomic mass is 10.2. The van der Waals surface area contributed by atoms with Crippen LogP contribution in [0.1, 0.15) is 35.0 Å². The van der Waals surface area contributed by atoms with Crippen LogP contribution in [0.15, 0.2) is 27.1 Å². The van der Waals surface area contributed by atoms with Gasteiger partial charge in [-0.25, -0.2) is 14.2 Å². The van der Waals surface area contributed by atoms with Gasteiger partial charge in [0.15, 0.2) is 0 Å². The SMILES string of the molecule is O=C(O)c1oc(-c2cccc(Br)c2F)nc1C1CC1. The zero-order valence-corrected chi connectivity index (χ0v) is 11.3. The van der Waals surface area contributed by atoms with Crippen LogP contribution in [-0.4, -0.2) is 16.1 Å². The molecule has 1 heterocycles. The van der Waals surface area contributed by atoms with E-state index >= 15 is 0 Å². The molecule has 1 aliphatic carbocycles. The summed E-state index contributed by atoms with van der Waals surface area (Å²) in [5.74, 6) is -1.73. The zero-order valence-electron chi connectivity index (χ0n) is 9.69. The number of halogens is 2. The molecular formula is C13H9BrFNO3. The summed E-state index contributed by atoms with van der Waals surface area (Å²) in [4.78, 5) is 15.3. The number of oxazole rings is 1. The molecule has 19 heavy (non-hydrogen) atoms. The van der Waals surface area contributed by atoms with E-state index in [1.165, 1.54) is 6.07 Å². The van der Waals surface area contributed by atoms with Gasteiger partial charge in [0.05, 0.1) is 15.7 Å². The van der Waals surface area contributed by atoms with E-state index in [1.54, 1.807) is 12.1 Å². The van der Waals surface area contributed by atoms with Gasteiger partial charge in [-0.3, -0.25) is 0 Å². The van der Waals surface area contributed by atoms with Crippen molar-refractivity contribution in [3.8, 4) is 11.5 Å². The average molecular weight is 326 g/mol. The highest BCUT2D eigenvalue weighted by Crippen LogP contribution is 2.42. The molecule has 0 radical (unpaired) electrons. The molecule has 1 aromatic carbocycles. The second-order valence-electron chi connectivity index (χ2n) is 4.41. The Balaban J connectivity index is 2.13. The highest BCUT2D eigenvalue weighted by molar-refractivity contribution is 9.10. The van der Waals surface area contributed by atoms with Crippen molar-refractivity contribution in [2.75, 3.05) is 0 Å². The first-order valence-electron chi connectivity index (χ1n) is 5.76. The van der Waals surface area contributed by atoms with E-state index in [9.17, 15) is 9.18 Å². The minimum absolute atomic E-state index is 0.0121. The molecule has 1 saturated carbocycles. The molecule has 3 rings (SSSR count). The predicted molar refractivity (Wildman–Crippen MR) is 68.5 cm³/mol. The summed E-state index contributed by atoms with van der Waals surface area (Å²) in [7, 11) is 0. The van der Waals surface area contributed by atoms with Crippen LogP contribution in [0, 0.1) is 5.82 Å². The first kappa shape index (κ1) is 12.3. The Morgan fingerprint density at radius 2 is 2.21 bits per heavy atom. The monoisotopic (exact) mass is 325 g/mol. The summed E-state index contributed by atoms with van der Waals surface area (Å²) in [5.41, 5.74) is 0.575. The highest BCUT2D eigenvalue weighted by atomic mass is 79.9. The first-order valence-corrected chi connectivity index (χ1v) is 6.55. The molecule has 0 amide bonds. The van der Waals surface area contributed by atoms with Crippen molar-refractivity contribution >= 4 is 21.9 Å². The van der Waals surface area contributed by atoms with Crippen LogP contribution < -0.4 is 0 Å². The quantitative estimate of drug-likeness (QED) is 0.931. The van der Waals surface area contributed by atoms with E-state index in [4.69, 9.17) is 9.52 Å². The molecule has 0 saturated heterocycles. The molecule has 0 unspecified atom stereocenters. The van der Waals surface area contributed by atoms with Crippen LogP contribution in [0.4, 0.5) is 4.39 Å². The number of benzene rings is 1. The van der Waals surface area contributed by atoms with Crippen molar-refractivity contribution in [2.24, 2.45) is 0 Å². The van der Waals surface area contributed by atoms with E-state index in [1.807, 2.05) is 0 Å². The summed E-state index contributed by atoms with van der Waals surface area (Å²) in [6.07, 6.45) is 1.79. The molecule has 0 aliphatic heterocycles. The van der Waals surface area contributed by atoms with E-state index < -0.39 is 11.8 Å².